The second-order valence-electron chi connectivity index (χ2n) is 5.75. The fourth-order valence-electron chi connectivity index (χ4n) is 2.53. The minimum Gasteiger partial charge on any atom is -0.309 e. The average Bonchev–Trinajstić information content (AvgIpc) is 2.82. The van der Waals surface area contributed by atoms with E-state index in [0.717, 1.165) is 26.2 Å². The van der Waals surface area contributed by atoms with Gasteiger partial charge < -0.3 is 5.32 Å². The molecule has 1 aliphatic rings. The van der Waals surface area contributed by atoms with Gasteiger partial charge in [0.2, 0.25) is 0 Å². The van der Waals surface area contributed by atoms with Crippen LogP contribution >= 0.6 is 0 Å². The molecule has 1 fully saturated rings. The van der Waals surface area contributed by atoms with Crippen molar-refractivity contribution in [1.82, 2.24) is 20.0 Å². The molecule has 18 heavy (non-hydrogen) atoms. The summed E-state index contributed by atoms with van der Waals surface area (Å²) in [6.07, 6.45) is 5.34. The van der Waals surface area contributed by atoms with Crippen LogP contribution in [0.25, 0.3) is 0 Å². The molecular weight excluding hydrogens is 224 g/mol. The lowest BCUT2D eigenvalue weighted by atomic mass is 9.93. The van der Waals surface area contributed by atoms with Gasteiger partial charge in [-0.25, -0.2) is 0 Å². The number of rotatable bonds is 4. The normalized spacial score (nSPS) is 29.7. The predicted molar refractivity (Wildman–Crippen MR) is 74.5 cm³/mol. The predicted octanol–water partition coefficient (Wildman–Crippen LogP) is 1.87. The minimum absolute atomic E-state index is 0.257. The highest BCUT2D eigenvalue weighted by Gasteiger charge is 2.32. The van der Waals surface area contributed by atoms with Gasteiger partial charge in [0, 0.05) is 49.5 Å². The molecule has 0 aliphatic carbocycles. The minimum atomic E-state index is 0.257. The van der Waals surface area contributed by atoms with Crippen molar-refractivity contribution < 1.29 is 0 Å². The van der Waals surface area contributed by atoms with E-state index in [-0.39, 0.29) is 5.54 Å². The van der Waals surface area contributed by atoms with E-state index in [9.17, 15) is 0 Å². The molecule has 0 bridgehead atoms. The Bertz CT molecular complexity index is 387. The van der Waals surface area contributed by atoms with E-state index < -0.39 is 0 Å². The second kappa shape index (κ2) is 5.41. The third-order valence-corrected chi connectivity index (χ3v) is 4.18. The topological polar surface area (TPSA) is 33.1 Å². The van der Waals surface area contributed by atoms with Crippen LogP contribution in [0.15, 0.2) is 12.4 Å². The molecular formula is C14H26N4. The molecule has 2 unspecified atom stereocenters. The standard InChI is InChI=1S/C14H26N4/c1-5-14(4)11-17(12(3)7-15-14)9-13-8-16-18(6-2)10-13/h8,10,12,15H,5-7,9,11H2,1-4H3. The molecule has 1 aromatic heterocycles. The summed E-state index contributed by atoms with van der Waals surface area (Å²) < 4.78 is 2.00. The number of nitrogens with one attached hydrogen (secondary N) is 1. The van der Waals surface area contributed by atoms with Gasteiger partial charge in [-0.05, 0) is 27.2 Å². The number of hydrogen-bond acceptors (Lipinski definition) is 3. The maximum Gasteiger partial charge on any atom is 0.0534 e. The monoisotopic (exact) mass is 250 g/mol. The van der Waals surface area contributed by atoms with Gasteiger partial charge in [0.15, 0.2) is 0 Å². The fraction of sp³-hybridized carbons (Fsp3) is 0.786. The highest BCUT2D eigenvalue weighted by molar-refractivity contribution is 5.05. The lowest BCUT2D eigenvalue weighted by Crippen LogP contribution is -2.61. The van der Waals surface area contributed by atoms with Crippen molar-refractivity contribution >= 4 is 0 Å². The maximum absolute atomic E-state index is 4.36. The van der Waals surface area contributed by atoms with Gasteiger partial charge in [0.25, 0.3) is 0 Å². The summed E-state index contributed by atoms with van der Waals surface area (Å²) >= 11 is 0. The Hall–Kier alpha value is -0.870. The zero-order chi connectivity index (χ0) is 13.2. The highest BCUT2D eigenvalue weighted by atomic mass is 15.3. The largest absolute Gasteiger partial charge is 0.309 e. The SMILES string of the molecule is CCn1cc(CN2CC(C)(CC)NCC2C)cn1. The van der Waals surface area contributed by atoms with E-state index in [2.05, 4.69) is 49.2 Å². The van der Waals surface area contributed by atoms with E-state index in [0.29, 0.717) is 6.04 Å². The van der Waals surface area contributed by atoms with Gasteiger partial charge in [-0.15, -0.1) is 0 Å². The number of piperazine rings is 1. The van der Waals surface area contributed by atoms with Gasteiger partial charge in [0.05, 0.1) is 6.20 Å². The molecule has 2 rings (SSSR count). The van der Waals surface area contributed by atoms with Gasteiger partial charge in [-0.1, -0.05) is 6.92 Å². The average molecular weight is 250 g/mol. The summed E-state index contributed by atoms with van der Waals surface area (Å²) in [5.41, 5.74) is 1.58. The van der Waals surface area contributed by atoms with Crippen LogP contribution in [-0.2, 0) is 13.1 Å². The first-order chi connectivity index (χ1) is 8.56. The van der Waals surface area contributed by atoms with Crippen LogP contribution in [-0.4, -0.2) is 39.4 Å². The second-order valence-corrected chi connectivity index (χ2v) is 5.75. The van der Waals surface area contributed by atoms with E-state index in [1.165, 1.54) is 12.0 Å². The summed E-state index contributed by atoms with van der Waals surface area (Å²) in [6, 6.07) is 0.592. The van der Waals surface area contributed by atoms with Crippen molar-refractivity contribution in [3.8, 4) is 0 Å². The number of hydrogen-bond donors (Lipinski definition) is 1. The Morgan fingerprint density at radius 3 is 2.89 bits per heavy atom. The lowest BCUT2D eigenvalue weighted by molar-refractivity contribution is 0.0866. The molecule has 1 saturated heterocycles. The zero-order valence-corrected chi connectivity index (χ0v) is 12.1. The van der Waals surface area contributed by atoms with Gasteiger partial charge in [0.1, 0.15) is 0 Å². The molecule has 0 spiro atoms. The molecule has 1 N–H and O–H groups in total. The molecule has 0 aromatic carbocycles. The Morgan fingerprint density at radius 2 is 2.28 bits per heavy atom. The third kappa shape index (κ3) is 2.93. The molecule has 4 heteroatoms. The van der Waals surface area contributed by atoms with Crippen molar-refractivity contribution in [2.75, 3.05) is 13.1 Å². The fourth-order valence-corrected chi connectivity index (χ4v) is 2.53. The molecule has 102 valence electrons. The highest BCUT2D eigenvalue weighted by Crippen LogP contribution is 2.20. The van der Waals surface area contributed by atoms with E-state index >= 15 is 0 Å². The zero-order valence-electron chi connectivity index (χ0n) is 12.1. The van der Waals surface area contributed by atoms with Crippen LogP contribution in [0.3, 0.4) is 0 Å². The number of nitrogens with zero attached hydrogens (tertiary/aromatic N) is 3. The van der Waals surface area contributed by atoms with Crippen molar-refractivity contribution in [1.29, 1.82) is 0 Å². The Balaban J connectivity index is 2.02. The molecule has 2 heterocycles. The van der Waals surface area contributed by atoms with E-state index in [1.807, 2.05) is 10.9 Å². The Labute approximate surface area is 110 Å². The van der Waals surface area contributed by atoms with Crippen molar-refractivity contribution in [2.45, 2.75) is 58.8 Å². The van der Waals surface area contributed by atoms with Gasteiger partial charge >= 0.3 is 0 Å². The van der Waals surface area contributed by atoms with Crippen molar-refractivity contribution in [3.05, 3.63) is 18.0 Å². The quantitative estimate of drug-likeness (QED) is 0.885. The lowest BCUT2D eigenvalue weighted by Gasteiger charge is -2.44. The van der Waals surface area contributed by atoms with E-state index in [1.54, 1.807) is 0 Å². The summed E-state index contributed by atoms with van der Waals surface area (Å²) in [5, 5.41) is 8.02. The maximum atomic E-state index is 4.36. The van der Waals surface area contributed by atoms with Crippen LogP contribution in [0.4, 0.5) is 0 Å². The first-order valence-electron chi connectivity index (χ1n) is 7.06. The first-order valence-corrected chi connectivity index (χ1v) is 7.06. The summed E-state index contributed by atoms with van der Waals surface area (Å²) in [4.78, 5) is 2.57. The van der Waals surface area contributed by atoms with Crippen molar-refractivity contribution in [2.24, 2.45) is 0 Å². The molecule has 0 saturated carbocycles. The number of aryl methyl sites for hydroxylation is 1. The van der Waals surface area contributed by atoms with Gasteiger partial charge in [-0.3, -0.25) is 9.58 Å². The van der Waals surface area contributed by atoms with Crippen LogP contribution in [0.2, 0.25) is 0 Å². The van der Waals surface area contributed by atoms with Gasteiger partial charge in [-0.2, -0.15) is 5.10 Å². The van der Waals surface area contributed by atoms with Crippen LogP contribution in [0.5, 0.6) is 0 Å². The first kappa shape index (κ1) is 13.6. The van der Waals surface area contributed by atoms with Crippen LogP contribution in [0, 0.1) is 0 Å². The third-order valence-electron chi connectivity index (χ3n) is 4.18. The Morgan fingerprint density at radius 1 is 1.50 bits per heavy atom. The summed E-state index contributed by atoms with van der Waals surface area (Å²) in [7, 11) is 0. The molecule has 2 atom stereocenters. The number of aromatic nitrogens is 2. The van der Waals surface area contributed by atoms with Crippen molar-refractivity contribution in [3.63, 3.8) is 0 Å². The molecule has 0 radical (unpaired) electrons. The van der Waals surface area contributed by atoms with E-state index in [4.69, 9.17) is 0 Å². The molecule has 0 amide bonds. The molecule has 1 aliphatic heterocycles. The molecule has 1 aromatic rings. The van der Waals surface area contributed by atoms with Crippen LogP contribution < -0.4 is 5.32 Å². The van der Waals surface area contributed by atoms with Crippen LogP contribution in [0.1, 0.15) is 39.7 Å². The summed E-state index contributed by atoms with van der Waals surface area (Å²) in [5.74, 6) is 0. The molecule has 4 nitrogen and oxygen atoms in total. The summed E-state index contributed by atoms with van der Waals surface area (Å²) in [6.45, 7) is 13.2. The smallest absolute Gasteiger partial charge is 0.0534 e. The Kier molecular flexibility index (Phi) is 4.07.